The number of aromatic nitrogens is 1. The Morgan fingerprint density at radius 2 is 1.84 bits per heavy atom. The minimum absolute atomic E-state index is 0.0188. The second kappa shape index (κ2) is 10.4. The van der Waals surface area contributed by atoms with Gasteiger partial charge in [-0.1, -0.05) is 13.8 Å². The van der Waals surface area contributed by atoms with Gasteiger partial charge < -0.3 is 9.47 Å². The summed E-state index contributed by atoms with van der Waals surface area (Å²) < 4.78 is 29.4. The largest absolute Gasteiger partial charge is 0.316 e. The molecule has 0 amide bonds. The normalized spacial score (nSPS) is 12.0. The van der Waals surface area contributed by atoms with Crippen LogP contribution < -0.4 is 4.80 Å². The van der Waals surface area contributed by atoms with Gasteiger partial charge in [-0.15, -0.1) is 11.3 Å². The molecular weight excluding hydrogens is 422 g/mol. The van der Waals surface area contributed by atoms with E-state index in [1.807, 2.05) is 9.95 Å². The molecule has 31 heavy (non-hydrogen) atoms. The van der Waals surface area contributed by atoms with Crippen molar-refractivity contribution >= 4 is 22.7 Å². The molecule has 0 N–H and O–H groups in total. The molecule has 0 spiro atoms. The van der Waals surface area contributed by atoms with Gasteiger partial charge in [-0.2, -0.15) is 0 Å². The molecule has 1 heterocycles. The molecule has 0 atom stereocenters. The maximum absolute atomic E-state index is 14.2. The monoisotopic (exact) mass is 446 g/mol. The number of hydrogen-bond acceptors (Lipinski definition) is 5. The Bertz CT molecular complexity index is 1110. The van der Waals surface area contributed by atoms with Crippen molar-refractivity contribution in [3.05, 3.63) is 74.4 Å². The lowest BCUT2D eigenvalue weighted by Crippen LogP contribution is -2.26. The molecule has 0 unspecified atom stereocenters. The summed E-state index contributed by atoms with van der Waals surface area (Å²) in [5.41, 5.74) is 1.74. The molecule has 0 radical (unpaired) electrons. The van der Waals surface area contributed by atoms with E-state index in [1.165, 1.54) is 35.6 Å². The first-order chi connectivity index (χ1) is 14.9. The van der Waals surface area contributed by atoms with Crippen LogP contribution in [-0.4, -0.2) is 34.0 Å². The van der Waals surface area contributed by atoms with E-state index in [0.717, 1.165) is 43.4 Å². The van der Waals surface area contributed by atoms with Gasteiger partial charge in [0.15, 0.2) is 10.6 Å². The van der Waals surface area contributed by atoms with Gasteiger partial charge in [0.05, 0.1) is 10.6 Å². The van der Waals surface area contributed by atoms with Crippen molar-refractivity contribution in [3.63, 3.8) is 0 Å². The van der Waals surface area contributed by atoms with E-state index in [2.05, 4.69) is 23.7 Å². The van der Waals surface area contributed by atoms with Crippen LogP contribution in [0, 0.1) is 21.7 Å². The van der Waals surface area contributed by atoms with E-state index in [1.54, 1.807) is 12.1 Å². The maximum Gasteiger partial charge on any atom is 0.269 e. The highest BCUT2D eigenvalue weighted by molar-refractivity contribution is 7.07. The standard InChI is InChI=1S/C22H24F2N4O2S/c1-3-26(4-2)12-5-13-27-21(16-6-9-18(10-7-16)28(29)30)15-31-22(27)25-20-11-8-17(23)14-19(20)24/h6-11,14-15H,3-5,12-13H2,1-2H3. The molecule has 0 aliphatic rings. The van der Waals surface area contributed by atoms with Crippen molar-refractivity contribution in [2.24, 2.45) is 4.99 Å². The predicted molar refractivity (Wildman–Crippen MR) is 118 cm³/mol. The zero-order valence-corrected chi connectivity index (χ0v) is 18.2. The number of non-ortho nitro benzene ring substituents is 1. The number of nitrogens with zero attached hydrogens (tertiary/aromatic N) is 4. The third kappa shape index (κ3) is 5.62. The van der Waals surface area contributed by atoms with Crippen LogP contribution in [-0.2, 0) is 6.54 Å². The van der Waals surface area contributed by atoms with Gasteiger partial charge in [0.2, 0.25) is 0 Å². The van der Waals surface area contributed by atoms with E-state index < -0.39 is 16.6 Å². The number of halogens is 2. The number of thiazole rings is 1. The van der Waals surface area contributed by atoms with Gasteiger partial charge in [0, 0.05) is 30.1 Å². The van der Waals surface area contributed by atoms with Crippen LogP contribution in [0.4, 0.5) is 20.2 Å². The second-order valence-corrected chi connectivity index (χ2v) is 7.78. The summed E-state index contributed by atoms with van der Waals surface area (Å²) in [5, 5.41) is 12.9. The lowest BCUT2D eigenvalue weighted by atomic mass is 10.1. The van der Waals surface area contributed by atoms with Crippen molar-refractivity contribution in [1.29, 1.82) is 0 Å². The van der Waals surface area contributed by atoms with Crippen molar-refractivity contribution in [3.8, 4) is 11.3 Å². The summed E-state index contributed by atoms with van der Waals surface area (Å²) in [7, 11) is 0. The molecule has 164 valence electrons. The number of benzene rings is 2. The maximum atomic E-state index is 14.2. The topological polar surface area (TPSA) is 63.7 Å². The van der Waals surface area contributed by atoms with Gasteiger partial charge in [0.1, 0.15) is 11.5 Å². The van der Waals surface area contributed by atoms with Crippen molar-refractivity contribution in [2.75, 3.05) is 19.6 Å². The number of nitro groups is 1. The summed E-state index contributed by atoms with van der Waals surface area (Å²) in [4.78, 5) is 17.9. The molecule has 2 aromatic carbocycles. The first-order valence-corrected chi connectivity index (χ1v) is 11.0. The molecule has 0 saturated carbocycles. The minimum Gasteiger partial charge on any atom is -0.316 e. The summed E-state index contributed by atoms with van der Waals surface area (Å²) in [6.45, 7) is 7.69. The van der Waals surface area contributed by atoms with Crippen LogP contribution in [0.1, 0.15) is 20.3 Å². The van der Waals surface area contributed by atoms with Crippen LogP contribution in [0.5, 0.6) is 0 Å². The molecule has 3 aromatic rings. The smallest absolute Gasteiger partial charge is 0.269 e. The van der Waals surface area contributed by atoms with Crippen molar-refractivity contribution < 1.29 is 13.7 Å². The molecule has 0 saturated heterocycles. The van der Waals surface area contributed by atoms with Crippen molar-refractivity contribution in [2.45, 2.75) is 26.8 Å². The highest BCUT2D eigenvalue weighted by Gasteiger charge is 2.12. The van der Waals surface area contributed by atoms with Gasteiger partial charge >= 0.3 is 0 Å². The molecular formula is C22H24F2N4O2S. The Kier molecular flexibility index (Phi) is 7.64. The fraction of sp³-hybridized carbons (Fsp3) is 0.318. The number of hydrogen-bond donors (Lipinski definition) is 0. The minimum atomic E-state index is -0.722. The summed E-state index contributed by atoms with van der Waals surface area (Å²) in [6, 6.07) is 9.63. The van der Waals surface area contributed by atoms with Gasteiger partial charge in [-0.25, -0.2) is 13.8 Å². The van der Waals surface area contributed by atoms with Crippen LogP contribution >= 0.6 is 11.3 Å². The summed E-state index contributed by atoms with van der Waals surface area (Å²) in [6.07, 6.45) is 0.859. The van der Waals surface area contributed by atoms with Gasteiger partial charge in [0.25, 0.3) is 5.69 Å². The molecule has 0 bridgehead atoms. The zero-order chi connectivity index (χ0) is 22.4. The Balaban J connectivity index is 2.00. The highest BCUT2D eigenvalue weighted by Crippen LogP contribution is 2.24. The van der Waals surface area contributed by atoms with Gasteiger partial charge in [-0.05, 0) is 55.9 Å². The number of nitro benzene ring substituents is 1. The molecule has 1 aromatic heterocycles. The first kappa shape index (κ1) is 22.8. The first-order valence-electron chi connectivity index (χ1n) is 10.1. The summed E-state index contributed by atoms with van der Waals surface area (Å²) >= 11 is 1.35. The van der Waals surface area contributed by atoms with Crippen LogP contribution in [0.15, 0.2) is 52.8 Å². The van der Waals surface area contributed by atoms with E-state index in [0.29, 0.717) is 11.3 Å². The van der Waals surface area contributed by atoms with E-state index in [4.69, 9.17) is 0 Å². The Morgan fingerprint density at radius 1 is 1.13 bits per heavy atom. The average Bonchev–Trinajstić information content (AvgIpc) is 3.15. The molecule has 3 rings (SSSR count). The van der Waals surface area contributed by atoms with Crippen LogP contribution in [0.3, 0.4) is 0 Å². The fourth-order valence-electron chi connectivity index (χ4n) is 3.29. The van der Waals surface area contributed by atoms with Crippen LogP contribution in [0.2, 0.25) is 0 Å². The van der Waals surface area contributed by atoms with Gasteiger partial charge in [-0.3, -0.25) is 10.1 Å². The zero-order valence-electron chi connectivity index (χ0n) is 17.4. The van der Waals surface area contributed by atoms with E-state index >= 15 is 0 Å². The molecule has 6 nitrogen and oxygen atoms in total. The average molecular weight is 447 g/mol. The summed E-state index contributed by atoms with van der Waals surface area (Å²) in [5.74, 6) is -1.37. The Labute approximate surface area is 183 Å². The van der Waals surface area contributed by atoms with E-state index in [-0.39, 0.29) is 11.4 Å². The van der Waals surface area contributed by atoms with E-state index in [9.17, 15) is 18.9 Å². The van der Waals surface area contributed by atoms with Crippen LogP contribution in [0.25, 0.3) is 11.3 Å². The third-order valence-corrected chi connectivity index (χ3v) is 5.91. The number of rotatable bonds is 9. The lowest BCUT2D eigenvalue weighted by Gasteiger charge is -2.18. The van der Waals surface area contributed by atoms with Crippen molar-refractivity contribution in [1.82, 2.24) is 9.47 Å². The fourth-order valence-corrected chi connectivity index (χ4v) is 4.23. The second-order valence-electron chi connectivity index (χ2n) is 6.95. The quantitative estimate of drug-likeness (QED) is 0.328. The lowest BCUT2D eigenvalue weighted by molar-refractivity contribution is -0.384. The Morgan fingerprint density at radius 3 is 2.45 bits per heavy atom. The predicted octanol–water partition coefficient (Wildman–Crippen LogP) is 5.37. The molecule has 0 aliphatic heterocycles. The molecule has 9 heteroatoms. The Hall–Kier alpha value is -2.91. The highest BCUT2D eigenvalue weighted by atomic mass is 32.1. The third-order valence-electron chi connectivity index (χ3n) is 5.05. The molecule has 0 fully saturated rings. The SMILES string of the molecule is CCN(CC)CCCn1c(-c2ccc([N+](=O)[O-])cc2)csc1=Nc1ccc(F)cc1F. The molecule has 0 aliphatic carbocycles.